The smallest absolute Gasteiger partial charge is 0.254 e. The first kappa shape index (κ1) is 22.8. The molecule has 166 valence electrons. The van der Waals surface area contributed by atoms with Gasteiger partial charge in [0.1, 0.15) is 5.56 Å². The Balaban J connectivity index is 1.80. The Bertz CT molecular complexity index is 1060. The standard InChI is InChI=1S/C21H27N5O4S/c1-30-11-4-12-31(28,29)17-9-7-16(8-10-17)24-21-18(20(23)27)14-26(25-21)19-6-3-2-5-15(19)13-22/h7-10,14-15,19H,2-6,11-12H2,1H3,(H2,23,27)(H,24,25)/t15-,19+/m1/s1. The average Bonchev–Trinajstić information content (AvgIpc) is 3.18. The summed E-state index contributed by atoms with van der Waals surface area (Å²) in [5.74, 6) is -0.503. The quantitative estimate of drug-likeness (QED) is 0.565. The third-order valence-corrected chi connectivity index (χ3v) is 7.29. The SMILES string of the molecule is COCCCS(=O)(=O)c1ccc(Nc2nn([C@H]3CCCC[C@@H]3C#N)cc2C(N)=O)cc1. The average molecular weight is 446 g/mol. The zero-order valence-electron chi connectivity index (χ0n) is 17.5. The van der Waals surface area contributed by atoms with Gasteiger partial charge in [-0.05, 0) is 43.5 Å². The number of hydrogen-bond donors (Lipinski definition) is 2. The van der Waals surface area contributed by atoms with E-state index in [-0.39, 0.29) is 34.0 Å². The van der Waals surface area contributed by atoms with Crippen molar-refractivity contribution in [1.82, 2.24) is 9.78 Å². The van der Waals surface area contributed by atoms with Gasteiger partial charge in [0.2, 0.25) is 0 Å². The molecular formula is C21H27N5O4S. The van der Waals surface area contributed by atoms with Crippen molar-refractivity contribution in [2.75, 3.05) is 24.8 Å². The number of benzene rings is 1. The highest BCUT2D eigenvalue weighted by Crippen LogP contribution is 2.34. The number of nitrogens with two attached hydrogens (primary N) is 1. The van der Waals surface area contributed by atoms with Crippen molar-refractivity contribution in [3.8, 4) is 6.07 Å². The third-order valence-electron chi connectivity index (χ3n) is 5.47. The summed E-state index contributed by atoms with van der Waals surface area (Å²) in [7, 11) is -1.86. The van der Waals surface area contributed by atoms with Gasteiger partial charge < -0.3 is 15.8 Å². The number of carbonyl (C=O) groups excluding carboxylic acids is 1. The van der Waals surface area contributed by atoms with Crippen LogP contribution in [-0.4, -0.2) is 43.6 Å². The monoisotopic (exact) mass is 445 g/mol. The fourth-order valence-corrected chi connectivity index (χ4v) is 5.09. The molecule has 1 saturated carbocycles. The van der Waals surface area contributed by atoms with E-state index >= 15 is 0 Å². The highest BCUT2D eigenvalue weighted by molar-refractivity contribution is 7.91. The first-order valence-corrected chi connectivity index (χ1v) is 11.9. The van der Waals surface area contributed by atoms with Gasteiger partial charge >= 0.3 is 0 Å². The van der Waals surface area contributed by atoms with Crippen LogP contribution in [0.3, 0.4) is 0 Å². The molecule has 0 radical (unpaired) electrons. The lowest BCUT2D eigenvalue weighted by molar-refractivity contribution is 0.100. The normalized spacial score (nSPS) is 19.0. The summed E-state index contributed by atoms with van der Waals surface area (Å²) in [5, 5.41) is 17.0. The minimum atomic E-state index is -3.40. The number of ether oxygens (including phenoxy) is 1. The van der Waals surface area contributed by atoms with Crippen molar-refractivity contribution in [3.05, 3.63) is 36.0 Å². The maximum Gasteiger partial charge on any atom is 0.254 e. The highest BCUT2D eigenvalue weighted by Gasteiger charge is 2.29. The molecule has 0 spiro atoms. The maximum atomic E-state index is 12.4. The molecule has 3 N–H and O–H groups in total. The highest BCUT2D eigenvalue weighted by atomic mass is 32.2. The molecule has 0 unspecified atom stereocenters. The van der Waals surface area contributed by atoms with Crippen LogP contribution in [0, 0.1) is 17.2 Å². The summed E-state index contributed by atoms with van der Waals surface area (Å²) in [5.41, 5.74) is 6.32. The van der Waals surface area contributed by atoms with E-state index in [2.05, 4.69) is 16.5 Å². The number of rotatable bonds is 9. The van der Waals surface area contributed by atoms with E-state index in [0.717, 1.165) is 25.7 Å². The molecule has 9 nitrogen and oxygen atoms in total. The second kappa shape index (κ2) is 9.94. The Labute approximate surface area is 182 Å². The molecule has 0 bridgehead atoms. The van der Waals surface area contributed by atoms with Gasteiger partial charge in [-0.25, -0.2) is 8.42 Å². The van der Waals surface area contributed by atoms with Gasteiger partial charge in [-0.3, -0.25) is 9.48 Å². The summed E-state index contributed by atoms with van der Waals surface area (Å²) >= 11 is 0. The van der Waals surface area contributed by atoms with Crippen LogP contribution in [0.25, 0.3) is 0 Å². The fourth-order valence-electron chi connectivity index (χ4n) is 3.81. The van der Waals surface area contributed by atoms with Crippen LogP contribution in [-0.2, 0) is 14.6 Å². The van der Waals surface area contributed by atoms with E-state index in [1.54, 1.807) is 23.0 Å². The molecule has 1 aromatic heterocycles. The molecule has 1 amide bonds. The Hall–Kier alpha value is -2.90. The number of aromatic nitrogens is 2. The van der Waals surface area contributed by atoms with Crippen LogP contribution in [0.1, 0.15) is 48.5 Å². The number of sulfone groups is 1. The molecule has 3 rings (SSSR count). The van der Waals surface area contributed by atoms with Crippen LogP contribution in [0.15, 0.2) is 35.4 Å². The maximum absolute atomic E-state index is 12.4. The minimum absolute atomic E-state index is 0.00525. The largest absolute Gasteiger partial charge is 0.385 e. The van der Waals surface area contributed by atoms with Crippen molar-refractivity contribution in [2.45, 2.75) is 43.0 Å². The molecule has 1 aromatic carbocycles. The number of carbonyl (C=O) groups is 1. The molecule has 0 saturated heterocycles. The Kier molecular flexibility index (Phi) is 7.30. The van der Waals surface area contributed by atoms with Crippen molar-refractivity contribution >= 4 is 27.2 Å². The third kappa shape index (κ3) is 5.42. The molecule has 1 aliphatic rings. The number of primary amides is 1. The van der Waals surface area contributed by atoms with Crippen molar-refractivity contribution in [3.63, 3.8) is 0 Å². The summed E-state index contributed by atoms with van der Waals surface area (Å²) < 4.78 is 31.3. The van der Waals surface area contributed by atoms with Crippen molar-refractivity contribution < 1.29 is 17.9 Å². The van der Waals surface area contributed by atoms with E-state index in [1.807, 2.05) is 0 Å². The van der Waals surface area contributed by atoms with Gasteiger partial charge in [0.05, 0.1) is 28.7 Å². The first-order chi connectivity index (χ1) is 14.9. The van der Waals surface area contributed by atoms with Crippen LogP contribution < -0.4 is 11.1 Å². The van der Waals surface area contributed by atoms with Gasteiger partial charge in [-0.15, -0.1) is 0 Å². The predicted molar refractivity (Wildman–Crippen MR) is 116 cm³/mol. The summed E-state index contributed by atoms with van der Waals surface area (Å²) in [6.07, 6.45) is 5.62. The lowest BCUT2D eigenvalue weighted by Gasteiger charge is -2.26. The summed E-state index contributed by atoms with van der Waals surface area (Å²) in [6, 6.07) is 8.49. The number of nitriles is 1. The van der Waals surface area contributed by atoms with Gasteiger partial charge in [0, 0.05) is 25.6 Å². The molecule has 1 fully saturated rings. The Morgan fingerprint density at radius 3 is 2.68 bits per heavy atom. The molecule has 31 heavy (non-hydrogen) atoms. The molecule has 2 aromatic rings. The van der Waals surface area contributed by atoms with Crippen molar-refractivity contribution in [1.29, 1.82) is 5.26 Å². The molecule has 0 aliphatic heterocycles. The number of nitrogens with one attached hydrogen (secondary N) is 1. The Morgan fingerprint density at radius 2 is 2.03 bits per heavy atom. The van der Waals surface area contributed by atoms with Gasteiger partial charge in [0.15, 0.2) is 15.7 Å². The second-order valence-corrected chi connectivity index (χ2v) is 9.75. The van der Waals surface area contributed by atoms with Gasteiger partial charge in [0.25, 0.3) is 5.91 Å². The molecular weight excluding hydrogens is 418 g/mol. The lowest BCUT2D eigenvalue weighted by Crippen LogP contribution is -2.22. The number of methoxy groups -OCH3 is 1. The van der Waals surface area contributed by atoms with Crippen LogP contribution in [0.5, 0.6) is 0 Å². The first-order valence-electron chi connectivity index (χ1n) is 10.2. The van der Waals surface area contributed by atoms with Crippen LogP contribution in [0.2, 0.25) is 0 Å². The fraction of sp³-hybridized carbons (Fsp3) is 0.476. The van der Waals surface area contributed by atoms with Crippen LogP contribution >= 0.6 is 0 Å². The minimum Gasteiger partial charge on any atom is -0.385 e. The lowest BCUT2D eigenvalue weighted by atomic mass is 9.85. The van der Waals surface area contributed by atoms with E-state index < -0.39 is 15.7 Å². The van der Waals surface area contributed by atoms with Crippen LogP contribution in [0.4, 0.5) is 11.5 Å². The number of anilines is 2. The number of amides is 1. The van der Waals surface area contributed by atoms with Gasteiger partial charge in [-0.2, -0.15) is 10.4 Å². The van der Waals surface area contributed by atoms with Crippen molar-refractivity contribution in [2.24, 2.45) is 11.7 Å². The van der Waals surface area contributed by atoms with E-state index in [0.29, 0.717) is 18.7 Å². The second-order valence-electron chi connectivity index (χ2n) is 7.64. The number of nitrogens with zero attached hydrogens (tertiary/aromatic N) is 3. The van der Waals surface area contributed by atoms with E-state index in [4.69, 9.17) is 10.5 Å². The zero-order valence-corrected chi connectivity index (χ0v) is 18.3. The summed E-state index contributed by atoms with van der Waals surface area (Å²) in [4.78, 5) is 12.2. The molecule has 1 heterocycles. The molecule has 10 heteroatoms. The zero-order chi connectivity index (χ0) is 22.4. The summed E-state index contributed by atoms with van der Waals surface area (Å²) in [6.45, 7) is 0.380. The molecule has 1 aliphatic carbocycles. The predicted octanol–water partition coefficient (Wildman–Crippen LogP) is 2.79. The van der Waals surface area contributed by atoms with E-state index in [1.165, 1.54) is 19.2 Å². The number of hydrogen-bond acceptors (Lipinski definition) is 7. The topological polar surface area (TPSA) is 140 Å². The van der Waals surface area contributed by atoms with E-state index in [9.17, 15) is 18.5 Å². The Morgan fingerprint density at radius 1 is 1.32 bits per heavy atom. The molecule has 2 atom stereocenters. The van der Waals surface area contributed by atoms with Gasteiger partial charge in [-0.1, -0.05) is 12.8 Å².